The average Bonchev–Trinajstić information content (AvgIpc) is 0.971. The van der Waals surface area contributed by atoms with Gasteiger partial charge in [-0.15, -0.1) is 0 Å². The van der Waals surface area contributed by atoms with Gasteiger partial charge < -0.3 is 39.0 Å². The van der Waals surface area contributed by atoms with Crippen LogP contribution in [0.25, 0.3) is 51.1 Å². The maximum absolute atomic E-state index is 13.2. The highest BCUT2D eigenvalue weighted by Crippen LogP contribution is 2.46. The van der Waals surface area contributed by atoms with E-state index in [9.17, 15) is 66.2 Å². The van der Waals surface area contributed by atoms with Crippen LogP contribution in [0.5, 0.6) is 5.88 Å². The Labute approximate surface area is 652 Å². The van der Waals surface area contributed by atoms with Crippen LogP contribution in [-0.4, -0.2) is 113 Å². The molecule has 23 nitrogen and oxygen atoms in total. The van der Waals surface area contributed by atoms with Crippen molar-refractivity contribution in [3.8, 4) is 22.9 Å². The van der Waals surface area contributed by atoms with Crippen LogP contribution in [0.2, 0.25) is 5.02 Å². The van der Waals surface area contributed by atoms with Crippen molar-refractivity contribution in [2.75, 3.05) is 5.01 Å². The highest BCUT2D eigenvalue weighted by atomic mass is 35.5. The van der Waals surface area contributed by atoms with E-state index < -0.39 is 84.0 Å². The lowest BCUT2D eigenvalue weighted by Gasteiger charge is -2.47. The summed E-state index contributed by atoms with van der Waals surface area (Å²) in [7, 11) is -7.31. The third kappa shape index (κ3) is 16.5. The molecule has 15 rings (SSSR count). The number of hydrazone groups is 1. The summed E-state index contributed by atoms with van der Waals surface area (Å²) in [6.07, 6.45) is 5.09. The molecule has 11 aromatic rings. The molecule has 27 heteroatoms. The molecule has 0 saturated heterocycles. The number of benzene rings is 9. The minimum absolute atomic E-state index is 0.00399. The summed E-state index contributed by atoms with van der Waals surface area (Å²) < 4.78 is 76.4. The number of ether oxygens (including phenoxy) is 2. The molecule has 3 atom stereocenters. The van der Waals surface area contributed by atoms with Gasteiger partial charge in [0.05, 0.1) is 72.1 Å². The molecule has 113 heavy (non-hydrogen) atoms. The smallest absolute Gasteiger partial charge is 0.335 e. The summed E-state index contributed by atoms with van der Waals surface area (Å²) in [5.41, 5.74) is 5.77. The normalized spacial score (nSPS) is 17.8. The molecule has 0 saturated carbocycles. The number of furan rings is 1. The molecule has 2 aromatic heterocycles. The van der Waals surface area contributed by atoms with E-state index in [2.05, 4.69) is 36.6 Å². The summed E-state index contributed by atoms with van der Waals surface area (Å²) in [5, 5.41) is 49.8. The first-order valence-electron chi connectivity index (χ1n) is 34.8. The van der Waals surface area contributed by atoms with E-state index in [1.807, 2.05) is 85.8 Å². The van der Waals surface area contributed by atoms with Crippen molar-refractivity contribution in [2.45, 2.75) is 75.1 Å². The number of hydrogen-bond acceptors (Lipinski definition) is 17. The Balaban J connectivity index is 0.000000141. The van der Waals surface area contributed by atoms with E-state index in [-0.39, 0.29) is 50.0 Å². The van der Waals surface area contributed by atoms with Crippen molar-refractivity contribution in [3.05, 3.63) is 330 Å². The molecular weight excluding hydrogens is 1510 g/mol. The van der Waals surface area contributed by atoms with E-state index in [1.54, 1.807) is 156 Å². The van der Waals surface area contributed by atoms with E-state index >= 15 is 0 Å². The number of nitrogens with zero attached hydrogens (tertiary/aromatic N) is 5. The van der Waals surface area contributed by atoms with Crippen molar-refractivity contribution in [2.24, 2.45) is 14.5 Å². The number of Topliss-reactive ketones (excluding diaryl/α,β-unsaturated/α-hetero) is 2. The number of para-hydroxylation sites is 1. The molecule has 4 heterocycles. The quantitative estimate of drug-likeness (QED) is 0.0315. The number of aromatic amines is 1. The standard InChI is InChI=1S/C23H17ClN2O4.C23H17FN2O4S2.C23H15N3O3.C17H22O5/c1-13-18(7-4-8-20(13)24)21-10-9-17(30-21)12-19-14(2)25-26(22(19)27)16-6-3-5-15(11-16)23(28)29;1-31(28,17-7-3-2-4-8-17)25-22-15-21(19-9-5-6-10-20(19)23(22)27)26-32(29,30)18-13-11-16(24)12-14-18;27-21-18(12-15-13-24-19-10-4-3-8-16(15)19)22(28)26(23(29)25-21)20-11-5-7-14-6-1-2-9-17(14)20;1-10(2)21-16(19)12(5)13-8-6-7-9-14(13)15(18)17(16,20)22-11(3)4/h3-12H,1-2H3,(H,28,29);2-15H,1H2,(H,25,28);1-13,28H,(H,25,27,29);6-11,19-20H,5H2,1-4H3/b19-12+;;;. The molecule has 2 aliphatic carbocycles. The van der Waals surface area contributed by atoms with Crippen molar-refractivity contribution in [1.29, 1.82) is 0 Å². The highest BCUT2D eigenvalue weighted by molar-refractivity contribution is 7.98. The van der Waals surface area contributed by atoms with Gasteiger partial charge in [-0.1, -0.05) is 158 Å². The zero-order valence-corrected chi connectivity index (χ0v) is 63.6. The maximum Gasteiger partial charge on any atom is 0.335 e. The van der Waals surface area contributed by atoms with Crippen LogP contribution in [0, 0.1) is 12.7 Å². The monoisotopic (exact) mass is 1580 g/mol. The maximum atomic E-state index is 13.2. The number of carboxylic acid groups (broad SMARTS) is 1. The van der Waals surface area contributed by atoms with Gasteiger partial charge in [-0.05, 0) is 167 Å². The third-order valence-corrected chi connectivity index (χ3v) is 21.3. The number of rotatable bonds is 15. The van der Waals surface area contributed by atoms with Crippen LogP contribution in [-0.2, 0) is 34.0 Å². The predicted octanol–water partition coefficient (Wildman–Crippen LogP) is 14.5. The fourth-order valence-electron chi connectivity index (χ4n) is 12.6. The number of anilines is 1. The fraction of sp³-hybridized carbons (Fsp3) is 0.116. The number of carbonyl (C=O) groups excluding carboxylic acids is 3. The zero-order chi connectivity index (χ0) is 81.0. The summed E-state index contributed by atoms with van der Waals surface area (Å²) in [6, 6.07) is 61.3. The lowest BCUT2D eigenvalue weighted by atomic mass is 9.78. The number of carboxylic acids is 1. The minimum Gasteiger partial charge on any atom is -0.494 e. The summed E-state index contributed by atoms with van der Waals surface area (Å²) in [4.78, 5) is 81.8. The van der Waals surface area contributed by atoms with Crippen molar-refractivity contribution < 1.29 is 70.5 Å². The van der Waals surface area contributed by atoms with Gasteiger partial charge in [0.1, 0.15) is 22.9 Å². The molecule has 0 spiro atoms. The minimum atomic E-state index is -4.21. The Morgan fingerprint density at radius 1 is 0.690 bits per heavy atom. The first kappa shape index (κ1) is 79.6. The summed E-state index contributed by atoms with van der Waals surface area (Å²) >= 11 is 6.19. The van der Waals surface area contributed by atoms with Gasteiger partial charge in [0.2, 0.25) is 17.4 Å². The number of ketones is 2. The predicted molar refractivity (Wildman–Crippen MR) is 434 cm³/mol. The SMILES string of the molecule is C=C1c2ccccc2C(=O)C(O)(OC(C)C)C1(O)OC(C)C.C=S(=O)(NC1=CC(=NS(=O)(=O)c2ccc(F)cc2)c2ccccc2C1=O)c1ccccc1.CC1=NN(c2cccc(C(=O)O)c2)C(=O)/C1=C/c1ccc(-c2cccc(Cl)c2C)o1.O=c1[nH]c(=O)n(-c2cccc3ccccc23)c(O)c1C=C1C=Nc2ccccc21. The van der Waals surface area contributed by atoms with E-state index in [0.29, 0.717) is 60.8 Å². The number of aliphatic hydroxyl groups is 2. The lowest BCUT2D eigenvalue weighted by Crippen LogP contribution is -2.66. The topological polar surface area (TPSA) is 339 Å². The van der Waals surface area contributed by atoms with Gasteiger partial charge >= 0.3 is 11.7 Å². The number of carbonyl (C=O) groups is 4. The van der Waals surface area contributed by atoms with Crippen LogP contribution in [0.3, 0.4) is 0 Å². The Kier molecular flexibility index (Phi) is 22.9. The van der Waals surface area contributed by atoms with Crippen LogP contribution >= 0.6 is 11.6 Å². The molecule has 2 aliphatic heterocycles. The molecule has 0 radical (unpaired) electrons. The number of sulfonamides is 1. The average molecular weight is 1580 g/mol. The Bertz CT molecular complexity index is 6200. The number of allylic oxidation sites excluding steroid dienone is 3. The zero-order valence-electron chi connectivity index (χ0n) is 61.2. The molecule has 3 unspecified atom stereocenters. The number of halogens is 2. The van der Waals surface area contributed by atoms with Crippen LogP contribution in [0.4, 0.5) is 15.8 Å². The van der Waals surface area contributed by atoms with Gasteiger partial charge in [0, 0.05) is 60.5 Å². The lowest BCUT2D eigenvalue weighted by molar-refractivity contribution is -0.348. The van der Waals surface area contributed by atoms with Crippen molar-refractivity contribution in [3.63, 3.8) is 0 Å². The summed E-state index contributed by atoms with van der Waals surface area (Å²) in [5.74, 6) is -3.67. The van der Waals surface area contributed by atoms with Crippen molar-refractivity contribution >= 4 is 124 Å². The van der Waals surface area contributed by atoms with Crippen LogP contribution < -0.4 is 21.0 Å². The number of aromatic hydroxyl groups is 1. The van der Waals surface area contributed by atoms with Crippen LogP contribution in [0.1, 0.15) is 99.3 Å². The molecule has 1 amide bonds. The van der Waals surface area contributed by atoms with Crippen LogP contribution in [0.15, 0.2) is 287 Å². The van der Waals surface area contributed by atoms with Gasteiger partial charge in [-0.25, -0.2) is 22.8 Å². The first-order chi connectivity index (χ1) is 53.8. The summed E-state index contributed by atoms with van der Waals surface area (Å²) in [6.45, 7) is 14.2. The molecule has 4 aliphatic rings. The molecule has 0 bridgehead atoms. The second kappa shape index (κ2) is 32.6. The van der Waals surface area contributed by atoms with E-state index in [1.165, 1.54) is 29.3 Å². The number of aliphatic imine (C=N–C) groups is 1. The number of nitrogens with one attached hydrogen (secondary N) is 2. The molecular formula is C86H71ClFN7O16S2. The third-order valence-electron chi connectivity index (χ3n) is 18.0. The van der Waals surface area contributed by atoms with E-state index in [0.717, 1.165) is 62.0 Å². The largest absolute Gasteiger partial charge is 0.494 e. The molecule has 0 fully saturated rings. The van der Waals surface area contributed by atoms with Gasteiger partial charge in [-0.3, -0.25) is 29.2 Å². The Hall–Kier alpha value is -12.9. The number of hydrogen-bond donors (Lipinski definition) is 6. The number of aromatic nitrogens is 2. The Morgan fingerprint density at radius 2 is 1.29 bits per heavy atom. The van der Waals surface area contributed by atoms with Gasteiger partial charge in [-0.2, -0.15) is 22.9 Å². The second-order valence-corrected chi connectivity index (χ2v) is 30.5. The van der Waals surface area contributed by atoms with E-state index in [4.69, 9.17) is 25.5 Å². The molecule has 9 aromatic carbocycles. The number of aromatic carboxylic acids is 1. The first-order valence-corrected chi connectivity index (χ1v) is 38.4. The fourth-order valence-corrected chi connectivity index (χ4v) is 15.0. The number of fused-ring (bicyclic) bond motifs is 4. The van der Waals surface area contributed by atoms with Gasteiger partial charge in [0.15, 0.2) is 0 Å². The molecule has 6 N–H and O–H groups in total. The van der Waals surface area contributed by atoms with Gasteiger partial charge in [0.25, 0.3) is 33.1 Å². The number of amides is 1. The number of H-pyrrole nitrogens is 1. The second-order valence-electron chi connectivity index (χ2n) is 26.4. The van der Waals surface area contributed by atoms with Crippen molar-refractivity contribution in [1.82, 2.24) is 14.3 Å². The Morgan fingerprint density at radius 3 is 1.99 bits per heavy atom. The molecule has 572 valence electrons. The highest BCUT2D eigenvalue weighted by Gasteiger charge is 2.64.